The lowest BCUT2D eigenvalue weighted by atomic mass is 10.0. The van der Waals surface area contributed by atoms with E-state index >= 15 is 0 Å². The predicted molar refractivity (Wildman–Crippen MR) is 90.3 cm³/mol. The Balaban J connectivity index is 2.80. The van der Waals surface area contributed by atoms with E-state index in [0.29, 0.717) is 0 Å². The van der Waals surface area contributed by atoms with E-state index in [0.717, 1.165) is 22.4 Å². The van der Waals surface area contributed by atoms with Crippen LogP contribution in [0.1, 0.15) is 23.6 Å². The summed E-state index contributed by atoms with van der Waals surface area (Å²) in [5.41, 5.74) is 6.58. The van der Waals surface area contributed by atoms with Crippen LogP contribution in [0.4, 0.5) is 0 Å². The van der Waals surface area contributed by atoms with Crippen LogP contribution in [-0.4, -0.2) is 0 Å². The highest BCUT2D eigenvalue weighted by molar-refractivity contribution is 5.73. The van der Waals surface area contributed by atoms with Crippen molar-refractivity contribution in [3.8, 4) is 0 Å². The zero-order chi connectivity index (χ0) is 15.1. The van der Waals surface area contributed by atoms with E-state index in [4.69, 9.17) is 0 Å². The number of allylic oxidation sites excluding steroid dienone is 5. The van der Waals surface area contributed by atoms with Crippen LogP contribution < -0.4 is 5.32 Å². The Labute approximate surface area is 122 Å². The van der Waals surface area contributed by atoms with Crippen molar-refractivity contribution in [2.75, 3.05) is 0 Å². The van der Waals surface area contributed by atoms with Crippen LogP contribution in [0.3, 0.4) is 0 Å². The monoisotopic (exact) mass is 265 g/mol. The van der Waals surface area contributed by atoms with Crippen LogP contribution in [0.25, 0.3) is 5.57 Å². The second-order valence-corrected chi connectivity index (χ2v) is 4.94. The lowest BCUT2D eigenvalue weighted by molar-refractivity contribution is 1.08. The Hall–Kier alpha value is -2.28. The van der Waals surface area contributed by atoms with Gasteiger partial charge in [0.1, 0.15) is 0 Å². The molecular weight excluding hydrogens is 242 g/mol. The number of aryl methyl sites for hydroxylation is 2. The summed E-state index contributed by atoms with van der Waals surface area (Å²) < 4.78 is 0. The van der Waals surface area contributed by atoms with E-state index in [9.17, 15) is 0 Å². The highest BCUT2D eigenvalue weighted by Crippen LogP contribution is 2.18. The van der Waals surface area contributed by atoms with Crippen LogP contribution in [0.5, 0.6) is 0 Å². The number of benzene rings is 1. The fraction of sp³-hybridized carbons (Fsp3) is 0.158. The van der Waals surface area contributed by atoms with Gasteiger partial charge >= 0.3 is 0 Å². The molecule has 0 saturated heterocycles. The summed E-state index contributed by atoms with van der Waals surface area (Å²) in [5, 5.41) is 2.97. The summed E-state index contributed by atoms with van der Waals surface area (Å²) in [5.74, 6) is 0. The minimum absolute atomic E-state index is 0.849. The van der Waals surface area contributed by atoms with Crippen molar-refractivity contribution in [3.05, 3.63) is 90.3 Å². The van der Waals surface area contributed by atoms with E-state index in [2.05, 4.69) is 57.1 Å². The maximum Gasteiger partial charge on any atom is 0.0336 e. The van der Waals surface area contributed by atoms with Crippen molar-refractivity contribution in [2.45, 2.75) is 20.8 Å². The van der Waals surface area contributed by atoms with Gasteiger partial charge in [0.05, 0.1) is 0 Å². The highest BCUT2D eigenvalue weighted by Gasteiger charge is 1.97. The second-order valence-electron chi connectivity index (χ2n) is 4.94. The fourth-order valence-electron chi connectivity index (χ4n) is 1.90. The molecule has 0 saturated carbocycles. The Bertz CT molecular complexity index is 566. The highest BCUT2D eigenvalue weighted by atomic mass is 14.8. The average molecular weight is 265 g/mol. The molecule has 0 fully saturated rings. The van der Waals surface area contributed by atoms with Gasteiger partial charge in [0.15, 0.2) is 0 Å². The van der Waals surface area contributed by atoms with Crippen LogP contribution in [0, 0.1) is 13.8 Å². The SMILES string of the molecule is C=CNC(=C)/C(C)=C\C=C/C(=C)c1cc(C)cc(C)c1. The molecule has 0 radical (unpaired) electrons. The molecule has 0 aliphatic rings. The normalized spacial score (nSPS) is 11.4. The van der Waals surface area contributed by atoms with Gasteiger partial charge in [-0.1, -0.05) is 67.3 Å². The van der Waals surface area contributed by atoms with Crippen LogP contribution in [-0.2, 0) is 0 Å². The third-order valence-electron chi connectivity index (χ3n) is 2.99. The molecule has 1 rings (SSSR count). The summed E-state index contributed by atoms with van der Waals surface area (Å²) in [6.07, 6.45) is 7.63. The minimum atomic E-state index is 0.849. The van der Waals surface area contributed by atoms with Crippen LogP contribution in [0.2, 0.25) is 0 Å². The Morgan fingerprint density at radius 2 is 1.70 bits per heavy atom. The standard InChI is InChI=1S/C19H23N/c1-7-20-18(6)16(4)9-8-10-17(5)19-12-14(2)11-15(3)13-19/h7-13,20H,1,5-6H2,2-4H3/b10-8-,16-9-. The molecule has 0 spiro atoms. The summed E-state index contributed by atoms with van der Waals surface area (Å²) in [6.45, 7) is 17.8. The molecule has 0 aromatic heterocycles. The molecule has 0 unspecified atom stereocenters. The molecule has 1 N–H and O–H groups in total. The topological polar surface area (TPSA) is 12.0 Å². The van der Waals surface area contributed by atoms with Gasteiger partial charge in [-0.25, -0.2) is 0 Å². The molecular formula is C19H23N. The Kier molecular flexibility index (Phi) is 5.79. The molecule has 0 amide bonds. The van der Waals surface area contributed by atoms with E-state index in [1.807, 2.05) is 25.2 Å². The van der Waals surface area contributed by atoms with Crippen molar-refractivity contribution in [1.29, 1.82) is 0 Å². The molecule has 1 aromatic carbocycles. The minimum Gasteiger partial charge on any atom is -0.363 e. The van der Waals surface area contributed by atoms with Gasteiger partial charge in [-0.05, 0) is 43.7 Å². The summed E-state index contributed by atoms with van der Waals surface area (Å²) in [4.78, 5) is 0. The van der Waals surface area contributed by atoms with Gasteiger partial charge in [0, 0.05) is 5.70 Å². The van der Waals surface area contributed by atoms with E-state index in [1.165, 1.54) is 11.1 Å². The third-order valence-corrected chi connectivity index (χ3v) is 2.99. The molecule has 0 atom stereocenters. The van der Waals surface area contributed by atoms with Crippen molar-refractivity contribution in [2.24, 2.45) is 0 Å². The number of hydrogen-bond donors (Lipinski definition) is 1. The molecule has 0 heterocycles. The predicted octanol–water partition coefficient (Wildman–Crippen LogP) is 5.07. The zero-order valence-electron chi connectivity index (χ0n) is 12.7. The zero-order valence-corrected chi connectivity index (χ0v) is 12.7. The average Bonchev–Trinajstić information content (AvgIpc) is 2.37. The first-order valence-corrected chi connectivity index (χ1v) is 6.63. The van der Waals surface area contributed by atoms with E-state index in [-0.39, 0.29) is 0 Å². The quantitative estimate of drug-likeness (QED) is 0.708. The maximum absolute atomic E-state index is 4.11. The molecule has 1 nitrogen and oxygen atoms in total. The summed E-state index contributed by atoms with van der Waals surface area (Å²) in [6, 6.07) is 6.46. The second kappa shape index (κ2) is 7.34. The van der Waals surface area contributed by atoms with Gasteiger partial charge < -0.3 is 5.32 Å². The molecule has 1 aromatic rings. The summed E-state index contributed by atoms with van der Waals surface area (Å²) >= 11 is 0. The largest absolute Gasteiger partial charge is 0.363 e. The van der Waals surface area contributed by atoms with Gasteiger partial charge in [0.25, 0.3) is 0 Å². The maximum atomic E-state index is 4.11. The number of nitrogens with one attached hydrogen (secondary N) is 1. The lowest BCUT2D eigenvalue weighted by Gasteiger charge is -2.05. The number of rotatable bonds is 6. The first-order chi connectivity index (χ1) is 9.43. The van der Waals surface area contributed by atoms with Gasteiger partial charge in [-0.3, -0.25) is 0 Å². The summed E-state index contributed by atoms with van der Waals surface area (Å²) in [7, 11) is 0. The molecule has 0 aliphatic carbocycles. The van der Waals surface area contributed by atoms with Crippen molar-refractivity contribution in [3.63, 3.8) is 0 Å². The van der Waals surface area contributed by atoms with E-state index in [1.54, 1.807) is 6.20 Å². The van der Waals surface area contributed by atoms with Crippen LogP contribution >= 0.6 is 0 Å². The molecule has 0 aliphatic heterocycles. The van der Waals surface area contributed by atoms with Crippen LogP contribution in [0.15, 0.2) is 73.6 Å². The van der Waals surface area contributed by atoms with Gasteiger partial charge in [-0.2, -0.15) is 0 Å². The smallest absolute Gasteiger partial charge is 0.0336 e. The first-order valence-electron chi connectivity index (χ1n) is 6.63. The lowest BCUT2D eigenvalue weighted by Crippen LogP contribution is -2.02. The molecule has 20 heavy (non-hydrogen) atoms. The Morgan fingerprint density at radius 1 is 1.10 bits per heavy atom. The van der Waals surface area contributed by atoms with Gasteiger partial charge in [0.2, 0.25) is 0 Å². The first kappa shape index (κ1) is 15.8. The number of hydrogen-bond acceptors (Lipinski definition) is 1. The van der Waals surface area contributed by atoms with Crippen molar-refractivity contribution >= 4 is 5.57 Å². The van der Waals surface area contributed by atoms with Gasteiger partial charge in [-0.15, -0.1) is 0 Å². The van der Waals surface area contributed by atoms with E-state index < -0.39 is 0 Å². The van der Waals surface area contributed by atoms with Crippen molar-refractivity contribution in [1.82, 2.24) is 5.32 Å². The third kappa shape index (κ3) is 4.77. The van der Waals surface area contributed by atoms with Crippen molar-refractivity contribution < 1.29 is 0 Å². The molecule has 0 bridgehead atoms. The Morgan fingerprint density at radius 3 is 2.25 bits per heavy atom. The fourth-order valence-corrected chi connectivity index (χ4v) is 1.90. The molecule has 1 heteroatoms. The molecule has 104 valence electrons.